The lowest BCUT2D eigenvalue weighted by atomic mass is 10.2. The number of carbonyl (C=O) groups is 2. The first kappa shape index (κ1) is 19.8. The largest absolute Gasteiger partial charge is 0.460 e. The van der Waals surface area contributed by atoms with Crippen molar-refractivity contribution in [3.63, 3.8) is 0 Å². The van der Waals surface area contributed by atoms with Gasteiger partial charge in [-0.05, 0) is 19.5 Å². The van der Waals surface area contributed by atoms with E-state index in [9.17, 15) is 9.59 Å². The van der Waals surface area contributed by atoms with E-state index >= 15 is 0 Å². The SMILES string of the molecule is C[C@@H](C(=O)NCc1nccnc1Cl)N(C)CC(=O)OCc1ccccc1. The van der Waals surface area contributed by atoms with Crippen molar-refractivity contribution in [3.05, 3.63) is 59.1 Å². The maximum Gasteiger partial charge on any atom is 0.320 e. The summed E-state index contributed by atoms with van der Waals surface area (Å²) in [5.74, 6) is -0.641. The number of likely N-dealkylation sites (N-methyl/N-ethyl adjacent to an activating group) is 1. The minimum Gasteiger partial charge on any atom is -0.460 e. The second-order valence-corrected chi connectivity index (χ2v) is 6.11. The number of nitrogens with zero attached hydrogens (tertiary/aromatic N) is 3. The van der Waals surface area contributed by atoms with Gasteiger partial charge in [-0.25, -0.2) is 4.98 Å². The van der Waals surface area contributed by atoms with Gasteiger partial charge in [-0.1, -0.05) is 41.9 Å². The summed E-state index contributed by atoms with van der Waals surface area (Å²) in [5.41, 5.74) is 1.40. The summed E-state index contributed by atoms with van der Waals surface area (Å²) < 4.78 is 5.23. The zero-order valence-corrected chi connectivity index (χ0v) is 15.4. The van der Waals surface area contributed by atoms with Crippen LogP contribution in [0, 0.1) is 0 Å². The second kappa shape index (κ2) is 9.84. The van der Waals surface area contributed by atoms with Gasteiger partial charge >= 0.3 is 5.97 Å². The molecule has 1 aromatic carbocycles. The molecule has 0 aliphatic rings. The number of amides is 1. The van der Waals surface area contributed by atoms with E-state index in [2.05, 4.69) is 15.3 Å². The van der Waals surface area contributed by atoms with Gasteiger partial charge < -0.3 is 10.1 Å². The summed E-state index contributed by atoms with van der Waals surface area (Å²) in [6.07, 6.45) is 2.98. The van der Waals surface area contributed by atoms with Crippen LogP contribution in [-0.2, 0) is 27.5 Å². The molecule has 0 unspecified atom stereocenters. The summed E-state index contributed by atoms with van der Waals surface area (Å²) in [6, 6.07) is 8.90. The maximum absolute atomic E-state index is 12.2. The Morgan fingerprint density at radius 2 is 1.92 bits per heavy atom. The monoisotopic (exact) mass is 376 g/mol. The standard InChI is InChI=1S/C18H21ClN4O3/c1-13(18(25)22-10-15-17(19)21-9-8-20-15)23(2)11-16(24)26-12-14-6-4-3-5-7-14/h3-9,13H,10-12H2,1-2H3,(H,22,25)/t13-/m0/s1. The van der Waals surface area contributed by atoms with Crippen LogP contribution in [0.5, 0.6) is 0 Å². The zero-order valence-electron chi connectivity index (χ0n) is 14.7. The van der Waals surface area contributed by atoms with Crippen LogP contribution in [0.4, 0.5) is 0 Å². The third-order valence-corrected chi connectivity index (χ3v) is 4.13. The molecule has 2 aromatic rings. The Hall–Kier alpha value is -2.51. The van der Waals surface area contributed by atoms with Crippen LogP contribution < -0.4 is 5.32 Å². The van der Waals surface area contributed by atoms with Crippen molar-refractivity contribution in [1.82, 2.24) is 20.2 Å². The molecule has 0 saturated heterocycles. The smallest absolute Gasteiger partial charge is 0.320 e. The second-order valence-electron chi connectivity index (χ2n) is 5.75. The van der Waals surface area contributed by atoms with Crippen LogP contribution in [0.1, 0.15) is 18.2 Å². The predicted molar refractivity (Wildman–Crippen MR) is 97.2 cm³/mol. The lowest BCUT2D eigenvalue weighted by Crippen LogP contribution is -2.45. The Kier molecular flexibility index (Phi) is 7.50. The summed E-state index contributed by atoms with van der Waals surface area (Å²) in [6.45, 7) is 2.09. The van der Waals surface area contributed by atoms with Gasteiger partial charge in [-0.2, -0.15) is 0 Å². The van der Waals surface area contributed by atoms with Crippen LogP contribution in [0.3, 0.4) is 0 Å². The van der Waals surface area contributed by atoms with Crippen molar-refractivity contribution in [2.45, 2.75) is 26.1 Å². The van der Waals surface area contributed by atoms with Crippen LogP contribution >= 0.6 is 11.6 Å². The van der Waals surface area contributed by atoms with E-state index in [0.717, 1.165) is 5.56 Å². The predicted octanol–water partition coefficient (Wildman–Crippen LogP) is 1.81. The van der Waals surface area contributed by atoms with Gasteiger partial charge in [0.15, 0.2) is 5.15 Å². The summed E-state index contributed by atoms with van der Waals surface area (Å²) in [5, 5.41) is 2.98. The van der Waals surface area contributed by atoms with Crippen molar-refractivity contribution in [2.75, 3.05) is 13.6 Å². The minimum atomic E-state index is -0.519. The molecule has 138 valence electrons. The van der Waals surface area contributed by atoms with E-state index in [-0.39, 0.29) is 30.8 Å². The number of ether oxygens (including phenoxy) is 1. The van der Waals surface area contributed by atoms with Gasteiger partial charge in [0.2, 0.25) is 5.91 Å². The number of aromatic nitrogens is 2. The number of benzene rings is 1. The van der Waals surface area contributed by atoms with E-state index in [0.29, 0.717) is 5.69 Å². The van der Waals surface area contributed by atoms with E-state index in [4.69, 9.17) is 16.3 Å². The molecule has 1 amide bonds. The molecular formula is C18H21ClN4O3. The number of rotatable bonds is 8. The highest BCUT2D eigenvalue weighted by atomic mass is 35.5. The number of nitrogens with one attached hydrogen (secondary N) is 1. The molecule has 0 bridgehead atoms. The maximum atomic E-state index is 12.2. The molecule has 1 aromatic heterocycles. The number of hydrogen-bond acceptors (Lipinski definition) is 6. The fourth-order valence-corrected chi connectivity index (χ4v) is 2.28. The first-order valence-electron chi connectivity index (χ1n) is 8.10. The van der Waals surface area contributed by atoms with Crippen molar-refractivity contribution in [3.8, 4) is 0 Å². The third-order valence-electron chi connectivity index (χ3n) is 3.81. The first-order chi connectivity index (χ1) is 12.5. The topological polar surface area (TPSA) is 84.4 Å². The highest BCUT2D eigenvalue weighted by molar-refractivity contribution is 6.29. The lowest BCUT2D eigenvalue weighted by molar-refractivity contribution is -0.146. The third kappa shape index (κ3) is 6.09. The molecule has 1 N–H and O–H groups in total. The Morgan fingerprint density at radius 3 is 2.62 bits per heavy atom. The Bertz CT molecular complexity index is 742. The molecule has 7 nitrogen and oxygen atoms in total. The first-order valence-corrected chi connectivity index (χ1v) is 8.48. The minimum absolute atomic E-state index is 0.00726. The summed E-state index contributed by atoms with van der Waals surface area (Å²) in [4.78, 5) is 33.8. The van der Waals surface area contributed by atoms with Gasteiger partial charge in [0.05, 0.1) is 24.8 Å². The van der Waals surface area contributed by atoms with Gasteiger partial charge in [-0.15, -0.1) is 0 Å². The van der Waals surface area contributed by atoms with Crippen LogP contribution in [-0.4, -0.2) is 46.4 Å². The van der Waals surface area contributed by atoms with Crippen LogP contribution in [0.15, 0.2) is 42.7 Å². The Labute approximate surface area is 157 Å². The molecule has 0 aliphatic carbocycles. The van der Waals surface area contributed by atoms with E-state index in [1.807, 2.05) is 30.3 Å². The van der Waals surface area contributed by atoms with Gasteiger partial charge in [-0.3, -0.25) is 19.5 Å². The average Bonchev–Trinajstić information content (AvgIpc) is 2.65. The number of esters is 1. The quantitative estimate of drug-likeness (QED) is 0.707. The molecule has 0 saturated carbocycles. The summed E-state index contributed by atoms with van der Waals surface area (Å²) in [7, 11) is 1.68. The van der Waals surface area contributed by atoms with Gasteiger partial charge in [0.1, 0.15) is 6.61 Å². The lowest BCUT2D eigenvalue weighted by Gasteiger charge is -2.22. The van der Waals surface area contributed by atoms with E-state index < -0.39 is 12.0 Å². The fourth-order valence-electron chi connectivity index (χ4n) is 2.11. The van der Waals surface area contributed by atoms with Crippen molar-refractivity contribution in [2.24, 2.45) is 0 Å². The van der Waals surface area contributed by atoms with Crippen LogP contribution in [0.2, 0.25) is 5.15 Å². The molecule has 26 heavy (non-hydrogen) atoms. The highest BCUT2D eigenvalue weighted by Gasteiger charge is 2.21. The average molecular weight is 377 g/mol. The van der Waals surface area contributed by atoms with Crippen molar-refractivity contribution < 1.29 is 14.3 Å². The molecule has 0 spiro atoms. The Balaban J connectivity index is 1.76. The molecule has 1 heterocycles. The molecule has 8 heteroatoms. The highest BCUT2D eigenvalue weighted by Crippen LogP contribution is 2.08. The van der Waals surface area contributed by atoms with Crippen LogP contribution in [0.25, 0.3) is 0 Å². The number of halogens is 1. The van der Waals surface area contributed by atoms with Gasteiger partial charge in [0.25, 0.3) is 0 Å². The normalized spacial score (nSPS) is 11.8. The molecular weight excluding hydrogens is 356 g/mol. The molecule has 0 fully saturated rings. The molecule has 2 rings (SSSR count). The molecule has 0 radical (unpaired) electrons. The Morgan fingerprint density at radius 1 is 1.23 bits per heavy atom. The number of carbonyl (C=O) groups excluding carboxylic acids is 2. The van der Waals surface area contributed by atoms with Gasteiger partial charge in [0, 0.05) is 12.4 Å². The van der Waals surface area contributed by atoms with Crippen molar-refractivity contribution >= 4 is 23.5 Å². The van der Waals surface area contributed by atoms with E-state index in [1.165, 1.54) is 12.4 Å². The summed E-state index contributed by atoms with van der Waals surface area (Å²) >= 11 is 5.91. The molecule has 0 aliphatic heterocycles. The fraction of sp³-hybridized carbons (Fsp3) is 0.333. The zero-order chi connectivity index (χ0) is 18.9. The van der Waals surface area contributed by atoms with E-state index in [1.54, 1.807) is 18.9 Å². The van der Waals surface area contributed by atoms with Crippen molar-refractivity contribution in [1.29, 1.82) is 0 Å². The molecule has 1 atom stereocenters. The number of hydrogen-bond donors (Lipinski definition) is 1.